The van der Waals surface area contributed by atoms with E-state index in [-0.39, 0.29) is 19.1 Å². The molecule has 0 aliphatic heterocycles. The number of likely N-dealkylation sites (N-methyl/N-ethyl adjacent to an activating group) is 1. The Balaban J connectivity index is 4.43. The number of aliphatic hydroxyl groups excluding tert-OH is 1. The zero-order valence-electron chi connectivity index (χ0n) is 23.8. The summed E-state index contributed by atoms with van der Waals surface area (Å²) in [6, 6.07) is -0.753. The first-order valence-electron chi connectivity index (χ1n) is 14.1. The van der Waals surface area contributed by atoms with Crippen molar-refractivity contribution in [2.24, 2.45) is 0 Å². The van der Waals surface area contributed by atoms with Gasteiger partial charge in [-0.1, -0.05) is 77.4 Å². The van der Waals surface area contributed by atoms with Crippen molar-refractivity contribution < 1.29 is 32.9 Å². The number of carbonyl (C=O) groups excluding carboxylic acids is 1. The minimum absolute atomic E-state index is 0.0719. The molecule has 0 fully saturated rings. The van der Waals surface area contributed by atoms with Crippen LogP contribution in [0.5, 0.6) is 0 Å². The molecule has 8 nitrogen and oxygen atoms in total. The lowest BCUT2D eigenvalue weighted by molar-refractivity contribution is -0.870. The van der Waals surface area contributed by atoms with Gasteiger partial charge in [0.25, 0.3) is 0 Å². The zero-order valence-corrected chi connectivity index (χ0v) is 24.6. The van der Waals surface area contributed by atoms with Gasteiger partial charge < -0.3 is 19.8 Å². The molecule has 9 heteroatoms. The van der Waals surface area contributed by atoms with Crippen molar-refractivity contribution in [3.05, 3.63) is 12.2 Å². The average molecular weight is 536 g/mol. The second kappa shape index (κ2) is 21.2. The Morgan fingerprint density at radius 3 is 2.17 bits per heavy atom. The van der Waals surface area contributed by atoms with Gasteiger partial charge in [-0.15, -0.1) is 0 Å². The van der Waals surface area contributed by atoms with Crippen molar-refractivity contribution >= 4 is 13.7 Å². The molecule has 0 saturated heterocycles. The van der Waals surface area contributed by atoms with Gasteiger partial charge in [-0.05, 0) is 32.1 Å². The Bertz CT molecular complexity index is 624. The zero-order chi connectivity index (χ0) is 27.3. The van der Waals surface area contributed by atoms with Crippen LogP contribution in [0.3, 0.4) is 0 Å². The molecule has 3 atom stereocenters. The van der Waals surface area contributed by atoms with E-state index in [1.165, 1.54) is 25.7 Å². The highest BCUT2D eigenvalue weighted by atomic mass is 31.2. The van der Waals surface area contributed by atoms with Gasteiger partial charge in [-0.25, -0.2) is 4.57 Å². The smallest absolute Gasteiger partial charge is 0.391 e. The Morgan fingerprint density at radius 2 is 1.53 bits per heavy atom. The molecule has 3 unspecified atom stereocenters. The number of aliphatic hydroxyl groups is 1. The molecule has 3 N–H and O–H groups in total. The summed E-state index contributed by atoms with van der Waals surface area (Å²) < 4.78 is 23.1. The van der Waals surface area contributed by atoms with Crippen LogP contribution in [0.15, 0.2) is 12.2 Å². The monoisotopic (exact) mass is 535 g/mol. The molecule has 0 aromatic heterocycles. The van der Waals surface area contributed by atoms with Crippen LogP contribution in [0, 0.1) is 0 Å². The van der Waals surface area contributed by atoms with E-state index in [0.717, 1.165) is 51.4 Å². The molecule has 0 aromatic carbocycles. The van der Waals surface area contributed by atoms with Crippen LogP contribution in [-0.2, 0) is 18.4 Å². The number of nitrogens with zero attached hydrogens (tertiary/aromatic N) is 1. The number of rotatable bonds is 24. The first-order valence-corrected chi connectivity index (χ1v) is 15.5. The maximum Gasteiger partial charge on any atom is 0.472 e. The first-order chi connectivity index (χ1) is 17.0. The minimum atomic E-state index is -4.27. The molecular weight excluding hydrogens is 479 g/mol. The Labute approximate surface area is 221 Å². The van der Waals surface area contributed by atoms with E-state index in [2.05, 4.69) is 31.3 Å². The molecule has 0 spiro atoms. The second-order valence-corrected chi connectivity index (χ2v) is 12.2. The number of quaternary nitrogens is 1. The van der Waals surface area contributed by atoms with Gasteiger partial charge in [-0.3, -0.25) is 13.8 Å². The molecular formula is C27H56N2O6P+. The SMILES string of the molecule is CCCC/C=C\CCCCCCCC(=O)NC(COP(=O)(O)OCC[N+](C)(C)C)C(O)CCCCC. The van der Waals surface area contributed by atoms with Crippen LogP contribution in [-0.4, -0.2) is 73.4 Å². The van der Waals surface area contributed by atoms with E-state index in [9.17, 15) is 19.4 Å². The van der Waals surface area contributed by atoms with Gasteiger partial charge in [0.05, 0.1) is 39.9 Å². The van der Waals surface area contributed by atoms with Gasteiger partial charge in [0, 0.05) is 6.42 Å². The summed E-state index contributed by atoms with van der Waals surface area (Å²) in [5.41, 5.74) is 0. The van der Waals surface area contributed by atoms with Gasteiger partial charge in [0.15, 0.2) is 0 Å². The van der Waals surface area contributed by atoms with Crippen molar-refractivity contribution in [3.63, 3.8) is 0 Å². The highest BCUT2D eigenvalue weighted by Crippen LogP contribution is 2.43. The number of nitrogens with one attached hydrogen (secondary N) is 1. The molecule has 0 bridgehead atoms. The quantitative estimate of drug-likeness (QED) is 0.0631. The predicted octanol–water partition coefficient (Wildman–Crippen LogP) is 5.73. The fourth-order valence-electron chi connectivity index (χ4n) is 3.61. The van der Waals surface area contributed by atoms with E-state index in [4.69, 9.17) is 9.05 Å². The lowest BCUT2D eigenvalue weighted by Crippen LogP contribution is -2.46. The van der Waals surface area contributed by atoms with Crippen LogP contribution in [0.2, 0.25) is 0 Å². The minimum Gasteiger partial charge on any atom is -0.391 e. The predicted molar refractivity (Wildman–Crippen MR) is 148 cm³/mol. The Morgan fingerprint density at radius 1 is 0.917 bits per heavy atom. The second-order valence-electron chi connectivity index (χ2n) is 10.8. The number of unbranched alkanes of at least 4 members (excludes halogenated alkanes) is 9. The number of phosphoric acid groups is 1. The van der Waals surface area contributed by atoms with Gasteiger partial charge >= 0.3 is 7.82 Å². The number of amides is 1. The molecule has 0 aliphatic rings. The van der Waals surface area contributed by atoms with Crippen LogP contribution in [0.4, 0.5) is 0 Å². The van der Waals surface area contributed by atoms with E-state index in [0.29, 0.717) is 23.9 Å². The number of phosphoric ester groups is 1. The fraction of sp³-hybridized carbons (Fsp3) is 0.889. The van der Waals surface area contributed by atoms with Crippen LogP contribution >= 0.6 is 7.82 Å². The summed E-state index contributed by atoms with van der Waals surface area (Å²) in [7, 11) is 1.60. The van der Waals surface area contributed by atoms with Gasteiger partial charge in [0.2, 0.25) is 5.91 Å². The third-order valence-electron chi connectivity index (χ3n) is 6.01. The highest BCUT2D eigenvalue weighted by Gasteiger charge is 2.28. The molecule has 0 aromatic rings. The molecule has 1 amide bonds. The van der Waals surface area contributed by atoms with E-state index in [1.54, 1.807) is 0 Å². The number of hydrogen-bond acceptors (Lipinski definition) is 5. The van der Waals surface area contributed by atoms with Crippen molar-refractivity contribution in [3.8, 4) is 0 Å². The number of hydrogen-bond donors (Lipinski definition) is 3. The molecule has 0 rings (SSSR count). The Hall–Kier alpha value is -0.760. The maximum atomic E-state index is 12.5. The van der Waals surface area contributed by atoms with E-state index < -0.39 is 20.0 Å². The molecule has 0 heterocycles. The largest absolute Gasteiger partial charge is 0.472 e. The molecule has 0 saturated carbocycles. The van der Waals surface area contributed by atoms with Crippen molar-refractivity contribution in [1.82, 2.24) is 5.32 Å². The third kappa shape index (κ3) is 22.4. The van der Waals surface area contributed by atoms with Gasteiger partial charge in [0.1, 0.15) is 13.2 Å². The topological polar surface area (TPSA) is 105 Å². The Kier molecular flexibility index (Phi) is 20.8. The summed E-state index contributed by atoms with van der Waals surface area (Å²) in [4.78, 5) is 22.5. The van der Waals surface area contributed by atoms with E-state index >= 15 is 0 Å². The van der Waals surface area contributed by atoms with E-state index in [1.807, 2.05) is 21.1 Å². The standard InChI is InChI=1S/C27H55N2O6P/c1-6-8-10-11-12-13-14-15-16-17-19-21-27(31)28-25(26(30)20-18-9-7-2)24-35-36(32,33)34-23-22-29(3,4)5/h11-12,25-26,30H,6-10,13-24H2,1-5H3,(H-,28,31,32,33)/p+1/b12-11-. The summed E-state index contributed by atoms with van der Waals surface area (Å²) in [5.74, 6) is -0.171. The van der Waals surface area contributed by atoms with Crippen molar-refractivity contribution in [2.75, 3.05) is 40.9 Å². The van der Waals surface area contributed by atoms with Crippen LogP contribution in [0.1, 0.15) is 104 Å². The van der Waals surface area contributed by atoms with Gasteiger partial charge in [-0.2, -0.15) is 0 Å². The molecule has 214 valence electrons. The lowest BCUT2D eigenvalue weighted by Gasteiger charge is -2.26. The summed E-state index contributed by atoms with van der Waals surface area (Å²) in [6.07, 6.45) is 17.3. The molecule has 0 radical (unpaired) electrons. The van der Waals surface area contributed by atoms with Crippen LogP contribution in [0.25, 0.3) is 0 Å². The summed E-state index contributed by atoms with van der Waals surface area (Å²) >= 11 is 0. The van der Waals surface area contributed by atoms with Crippen LogP contribution < -0.4 is 5.32 Å². The average Bonchev–Trinajstić information content (AvgIpc) is 2.79. The van der Waals surface area contributed by atoms with Crippen molar-refractivity contribution in [1.29, 1.82) is 0 Å². The molecule has 0 aliphatic carbocycles. The normalized spacial score (nSPS) is 15.6. The summed E-state index contributed by atoms with van der Waals surface area (Å²) in [6.45, 7) is 4.62. The maximum absolute atomic E-state index is 12.5. The molecule has 36 heavy (non-hydrogen) atoms. The fourth-order valence-corrected chi connectivity index (χ4v) is 4.35. The van der Waals surface area contributed by atoms with Crippen molar-refractivity contribution in [2.45, 2.75) is 116 Å². The first kappa shape index (κ1) is 35.2. The lowest BCUT2D eigenvalue weighted by atomic mass is 10.0. The summed E-state index contributed by atoms with van der Waals surface area (Å²) in [5, 5.41) is 13.4. The number of carbonyl (C=O) groups is 1. The number of allylic oxidation sites excluding steroid dienone is 2. The highest BCUT2D eigenvalue weighted by molar-refractivity contribution is 7.47. The third-order valence-corrected chi connectivity index (χ3v) is 7.00.